The number of imidazole rings is 1. The lowest BCUT2D eigenvalue weighted by Gasteiger charge is -2.05. The molecule has 0 saturated heterocycles. The van der Waals surface area contributed by atoms with Crippen LogP contribution in [-0.4, -0.2) is 39.7 Å². The van der Waals surface area contributed by atoms with Crippen LogP contribution in [0, 0.1) is 0 Å². The van der Waals surface area contributed by atoms with E-state index in [9.17, 15) is 0 Å². The van der Waals surface area contributed by atoms with Crippen molar-refractivity contribution in [3.05, 3.63) is 83.7 Å². The molecule has 0 radical (unpaired) electrons. The Kier molecular flexibility index (Phi) is 4.24. The van der Waals surface area contributed by atoms with E-state index in [1.165, 1.54) is 11.1 Å². The lowest BCUT2D eigenvalue weighted by molar-refractivity contribution is 0.685. The fourth-order valence-electron chi connectivity index (χ4n) is 3.39. The standard InChI is InChI=1S/C20H19N9/c21-18-8-17(19-20(24-18)26-27-25-19)7-16-9-23-29(12-16)11-15-3-1-14(2-4-15)10-28-6-5-22-13-28/h1-6,8-9,12-13H,7,10-11H2,(H3,21,24,25,26,27). The molecule has 144 valence electrons. The van der Waals surface area contributed by atoms with Crippen molar-refractivity contribution in [2.75, 3.05) is 5.73 Å². The first-order valence-electron chi connectivity index (χ1n) is 9.24. The molecule has 5 rings (SSSR count). The van der Waals surface area contributed by atoms with Crippen molar-refractivity contribution >= 4 is 17.0 Å². The van der Waals surface area contributed by atoms with Crippen LogP contribution in [0.3, 0.4) is 0 Å². The number of hydrogen-bond acceptors (Lipinski definition) is 6. The molecule has 4 aromatic heterocycles. The van der Waals surface area contributed by atoms with Gasteiger partial charge < -0.3 is 10.3 Å². The number of anilines is 1. The first kappa shape index (κ1) is 17.1. The van der Waals surface area contributed by atoms with E-state index in [1.54, 1.807) is 6.20 Å². The molecule has 0 bridgehead atoms. The van der Waals surface area contributed by atoms with Gasteiger partial charge in [-0.25, -0.2) is 9.97 Å². The van der Waals surface area contributed by atoms with Crippen molar-refractivity contribution in [3.8, 4) is 0 Å². The van der Waals surface area contributed by atoms with Gasteiger partial charge in [0.2, 0.25) is 5.65 Å². The summed E-state index contributed by atoms with van der Waals surface area (Å²) < 4.78 is 3.98. The molecular formula is C20H19N9. The number of nitrogens with one attached hydrogen (secondary N) is 1. The zero-order valence-electron chi connectivity index (χ0n) is 15.6. The molecule has 0 aliphatic rings. The van der Waals surface area contributed by atoms with Crippen molar-refractivity contribution in [3.63, 3.8) is 0 Å². The van der Waals surface area contributed by atoms with Crippen LogP contribution in [0.25, 0.3) is 11.2 Å². The minimum absolute atomic E-state index is 0.435. The summed E-state index contributed by atoms with van der Waals surface area (Å²) in [7, 11) is 0. The molecule has 0 unspecified atom stereocenters. The maximum atomic E-state index is 5.88. The number of benzene rings is 1. The van der Waals surface area contributed by atoms with Crippen LogP contribution in [-0.2, 0) is 19.5 Å². The number of aromatic nitrogens is 8. The number of H-pyrrole nitrogens is 1. The van der Waals surface area contributed by atoms with Crippen LogP contribution in [0.5, 0.6) is 0 Å². The Balaban J connectivity index is 1.28. The number of hydrogen-bond donors (Lipinski definition) is 2. The Hall–Kier alpha value is -4.01. The Bertz CT molecular complexity index is 1230. The van der Waals surface area contributed by atoms with Crippen LogP contribution in [0.2, 0.25) is 0 Å². The normalized spacial score (nSPS) is 11.3. The molecule has 29 heavy (non-hydrogen) atoms. The van der Waals surface area contributed by atoms with Crippen LogP contribution in [0.4, 0.5) is 5.82 Å². The van der Waals surface area contributed by atoms with E-state index >= 15 is 0 Å². The van der Waals surface area contributed by atoms with Crippen molar-refractivity contribution in [2.45, 2.75) is 19.5 Å². The van der Waals surface area contributed by atoms with Crippen molar-refractivity contribution < 1.29 is 0 Å². The number of aromatic amines is 1. The van der Waals surface area contributed by atoms with Gasteiger partial charge in [0.1, 0.15) is 11.3 Å². The largest absolute Gasteiger partial charge is 0.384 e. The molecule has 9 heteroatoms. The highest BCUT2D eigenvalue weighted by Crippen LogP contribution is 2.19. The van der Waals surface area contributed by atoms with Gasteiger partial charge in [0.15, 0.2) is 0 Å². The van der Waals surface area contributed by atoms with Gasteiger partial charge in [0.25, 0.3) is 0 Å². The Morgan fingerprint density at radius 3 is 2.62 bits per heavy atom. The molecule has 0 aliphatic heterocycles. The smallest absolute Gasteiger partial charge is 0.203 e. The van der Waals surface area contributed by atoms with Gasteiger partial charge in [-0.15, -0.1) is 5.10 Å². The van der Waals surface area contributed by atoms with Crippen LogP contribution in [0.1, 0.15) is 22.3 Å². The summed E-state index contributed by atoms with van der Waals surface area (Å²) in [4.78, 5) is 8.25. The second kappa shape index (κ2) is 7.19. The Labute approximate surface area is 166 Å². The summed E-state index contributed by atoms with van der Waals surface area (Å²) in [6, 6.07) is 10.4. The topological polar surface area (TPSA) is 116 Å². The minimum atomic E-state index is 0.435. The van der Waals surface area contributed by atoms with E-state index in [1.807, 2.05) is 40.2 Å². The summed E-state index contributed by atoms with van der Waals surface area (Å²) in [5.74, 6) is 0.435. The number of nitrogens with zero attached hydrogens (tertiary/aromatic N) is 7. The fraction of sp³-hybridized carbons (Fsp3) is 0.150. The molecule has 3 N–H and O–H groups in total. The number of rotatable bonds is 6. The van der Waals surface area contributed by atoms with Crippen LogP contribution < -0.4 is 5.73 Å². The fourth-order valence-corrected chi connectivity index (χ4v) is 3.39. The Morgan fingerprint density at radius 1 is 1.00 bits per heavy atom. The highest BCUT2D eigenvalue weighted by molar-refractivity contribution is 5.76. The SMILES string of the molecule is Nc1cc(Cc2cnn(Cc3ccc(Cn4ccnc4)cc3)c2)c2n[nH]nc2n1. The van der Waals surface area contributed by atoms with Crippen LogP contribution >= 0.6 is 0 Å². The van der Waals surface area contributed by atoms with Gasteiger partial charge in [-0.05, 0) is 28.3 Å². The monoisotopic (exact) mass is 385 g/mol. The molecule has 0 aliphatic carbocycles. The predicted octanol–water partition coefficient (Wildman–Crippen LogP) is 2.02. The van der Waals surface area contributed by atoms with Crippen molar-refractivity contribution in [1.29, 1.82) is 0 Å². The molecule has 5 aromatic rings. The van der Waals surface area contributed by atoms with Crippen molar-refractivity contribution in [1.82, 2.24) is 39.7 Å². The summed E-state index contributed by atoms with van der Waals surface area (Å²) in [6.45, 7) is 1.53. The van der Waals surface area contributed by atoms with E-state index in [0.29, 0.717) is 24.4 Å². The highest BCUT2D eigenvalue weighted by Gasteiger charge is 2.10. The molecule has 9 nitrogen and oxygen atoms in total. The van der Waals surface area contributed by atoms with E-state index in [-0.39, 0.29) is 0 Å². The van der Waals surface area contributed by atoms with Gasteiger partial charge in [-0.3, -0.25) is 4.68 Å². The molecule has 0 spiro atoms. The van der Waals surface area contributed by atoms with E-state index in [2.05, 4.69) is 54.7 Å². The molecule has 0 atom stereocenters. The molecule has 0 saturated carbocycles. The number of fused-ring (bicyclic) bond motifs is 1. The summed E-state index contributed by atoms with van der Waals surface area (Å²) in [5.41, 5.74) is 11.6. The third-order valence-corrected chi connectivity index (χ3v) is 4.76. The minimum Gasteiger partial charge on any atom is -0.384 e. The lowest BCUT2D eigenvalue weighted by atomic mass is 10.1. The number of nitrogen functional groups attached to an aromatic ring is 1. The second-order valence-electron chi connectivity index (χ2n) is 6.98. The first-order chi connectivity index (χ1) is 14.2. The third kappa shape index (κ3) is 3.70. The maximum Gasteiger partial charge on any atom is 0.203 e. The zero-order chi connectivity index (χ0) is 19.6. The lowest BCUT2D eigenvalue weighted by Crippen LogP contribution is -2.01. The zero-order valence-corrected chi connectivity index (χ0v) is 15.6. The van der Waals surface area contributed by atoms with E-state index in [0.717, 1.165) is 23.2 Å². The molecule has 0 amide bonds. The van der Waals surface area contributed by atoms with Gasteiger partial charge in [0, 0.05) is 31.6 Å². The Morgan fingerprint density at radius 2 is 1.83 bits per heavy atom. The molecule has 1 aromatic carbocycles. The van der Waals surface area contributed by atoms with Crippen molar-refractivity contribution in [2.24, 2.45) is 0 Å². The van der Waals surface area contributed by atoms with Crippen LogP contribution in [0.15, 0.2) is 61.4 Å². The van der Waals surface area contributed by atoms with Gasteiger partial charge >= 0.3 is 0 Å². The van der Waals surface area contributed by atoms with Gasteiger partial charge in [-0.1, -0.05) is 24.3 Å². The molecular weight excluding hydrogens is 366 g/mol. The molecule has 0 fully saturated rings. The summed E-state index contributed by atoms with van der Waals surface area (Å²) in [6.07, 6.45) is 10.2. The highest BCUT2D eigenvalue weighted by atomic mass is 15.3. The van der Waals surface area contributed by atoms with Gasteiger partial charge in [-0.2, -0.15) is 15.4 Å². The average Bonchev–Trinajstić information content (AvgIpc) is 3.46. The number of pyridine rings is 1. The van der Waals surface area contributed by atoms with Gasteiger partial charge in [0.05, 0.1) is 19.1 Å². The first-order valence-corrected chi connectivity index (χ1v) is 9.24. The summed E-state index contributed by atoms with van der Waals surface area (Å²) in [5, 5.41) is 15.3. The van der Waals surface area contributed by atoms with E-state index in [4.69, 9.17) is 5.73 Å². The maximum absolute atomic E-state index is 5.88. The second-order valence-corrected chi connectivity index (χ2v) is 6.98. The number of nitrogens with two attached hydrogens (primary N) is 1. The molecule has 4 heterocycles. The predicted molar refractivity (Wildman–Crippen MR) is 108 cm³/mol. The summed E-state index contributed by atoms with van der Waals surface area (Å²) >= 11 is 0. The quantitative estimate of drug-likeness (QED) is 0.462. The average molecular weight is 385 g/mol. The van der Waals surface area contributed by atoms with E-state index < -0.39 is 0 Å². The third-order valence-electron chi connectivity index (χ3n) is 4.76.